The van der Waals surface area contributed by atoms with E-state index in [2.05, 4.69) is 77.4 Å². The fourth-order valence-corrected chi connectivity index (χ4v) is 2.87. The second kappa shape index (κ2) is 8.28. The molecule has 2 fully saturated rings. The molecule has 0 unspecified atom stereocenters. The van der Waals surface area contributed by atoms with E-state index in [4.69, 9.17) is 4.74 Å². The number of likely N-dealkylation sites (tertiary alicyclic amines) is 2. The third-order valence-electron chi connectivity index (χ3n) is 4.92. The van der Waals surface area contributed by atoms with Crippen molar-refractivity contribution in [3.8, 4) is 0 Å². The van der Waals surface area contributed by atoms with Crippen LogP contribution in [-0.4, -0.2) is 85.3 Å². The Morgan fingerprint density at radius 3 is 1.96 bits per heavy atom. The molecule has 0 aromatic heterocycles. The van der Waals surface area contributed by atoms with Crippen LogP contribution < -0.4 is 0 Å². The zero-order valence-electron chi connectivity index (χ0n) is 17.1. The predicted molar refractivity (Wildman–Crippen MR) is 100 cm³/mol. The Morgan fingerprint density at radius 1 is 1.04 bits per heavy atom. The highest BCUT2D eigenvalue weighted by Crippen LogP contribution is 2.22. The van der Waals surface area contributed by atoms with Crippen LogP contribution in [0.25, 0.3) is 0 Å². The Morgan fingerprint density at radius 2 is 1.61 bits per heavy atom. The minimum Gasteiger partial charge on any atom is -0.374 e. The van der Waals surface area contributed by atoms with E-state index in [0.29, 0.717) is 11.6 Å². The quantitative estimate of drug-likeness (QED) is 0.793. The van der Waals surface area contributed by atoms with Gasteiger partial charge in [0.2, 0.25) is 0 Å². The summed E-state index contributed by atoms with van der Waals surface area (Å²) < 4.78 is 5.74. The van der Waals surface area contributed by atoms with Crippen molar-refractivity contribution in [1.29, 1.82) is 0 Å². The molecule has 2 aliphatic heterocycles. The molecule has 0 radical (unpaired) electrons. The number of ether oxygens (including phenoxy) is 1. The lowest BCUT2D eigenvalue weighted by molar-refractivity contribution is -0.0251. The highest BCUT2D eigenvalue weighted by molar-refractivity contribution is 4.92. The largest absolute Gasteiger partial charge is 0.374 e. The summed E-state index contributed by atoms with van der Waals surface area (Å²) >= 11 is 0. The van der Waals surface area contributed by atoms with Gasteiger partial charge in [0.25, 0.3) is 0 Å². The zero-order chi connectivity index (χ0) is 17.8. The van der Waals surface area contributed by atoms with Crippen LogP contribution in [0, 0.1) is 0 Å². The predicted octanol–water partition coefficient (Wildman–Crippen LogP) is 2.93. The topological polar surface area (TPSA) is 19.0 Å². The molecule has 1 atom stereocenters. The molecule has 138 valence electrons. The summed E-state index contributed by atoms with van der Waals surface area (Å²) in [5.74, 6) is 0. The van der Waals surface area contributed by atoms with Crippen LogP contribution in [0.3, 0.4) is 0 Å². The highest BCUT2D eigenvalue weighted by Gasteiger charge is 2.35. The summed E-state index contributed by atoms with van der Waals surface area (Å²) in [6, 6.07) is 1.44. The van der Waals surface area contributed by atoms with Gasteiger partial charge >= 0.3 is 0 Å². The molecule has 0 amide bonds. The van der Waals surface area contributed by atoms with Gasteiger partial charge in [-0.3, -0.25) is 4.90 Å². The molecule has 0 aliphatic carbocycles. The van der Waals surface area contributed by atoms with Crippen LogP contribution in [-0.2, 0) is 4.74 Å². The summed E-state index contributed by atoms with van der Waals surface area (Å²) in [4.78, 5) is 7.21. The van der Waals surface area contributed by atoms with Crippen LogP contribution in [0.5, 0.6) is 0 Å². The second-order valence-corrected chi connectivity index (χ2v) is 9.39. The van der Waals surface area contributed by atoms with Crippen LogP contribution in [0.2, 0.25) is 0 Å². The molecule has 4 nitrogen and oxygen atoms in total. The van der Waals surface area contributed by atoms with E-state index in [1.165, 1.54) is 32.5 Å². The Kier molecular flexibility index (Phi) is 7.52. The Labute approximate surface area is 145 Å². The first-order valence-electron chi connectivity index (χ1n) is 9.16. The van der Waals surface area contributed by atoms with Gasteiger partial charge in [-0.1, -0.05) is 0 Å². The van der Waals surface area contributed by atoms with Gasteiger partial charge in [-0.05, 0) is 82.1 Å². The molecular weight excluding hydrogens is 286 g/mol. The molecule has 23 heavy (non-hydrogen) atoms. The SMILES string of the molecule is CN(C)C1CN(C(C)(C)C)C1.CN1CCC[C@H]1COC(C)(C)C. The van der Waals surface area contributed by atoms with Crippen LogP contribution >= 0.6 is 0 Å². The molecule has 0 bridgehead atoms. The number of rotatable bonds is 3. The Balaban J connectivity index is 0.000000231. The van der Waals surface area contributed by atoms with Crippen molar-refractivity contribution in [1.82, 2.24) is 14.7 Å². The maximum Gasteiger partial charge on any atom is 0.0628 e. The van der Waals surface area contributed by atoms with E-state index in [-0.39, 0.29) is 5.60 Å². The summed E-state index contributed by atoms with van der Waals surface area (Å²) in [7, 11) is 6.50. The third kappa shape index (κ3) is 7.51. The van der Waals surface area contributed by atoms with E-state index >= 15 is 0 Å². The van der Waals surface area contributed by atoms with E-state index in [1.54, 1.807) is 0 Å². The minimum absolute atomic E-state index is 0.0173. The smallest absolute Gasteiger partial charge is 0.0628 e. The van der Waals surface area contributed by atoms with Gasteiger partial charge in [-0.15, -0.1) is 0 Å². The van der Waals surface area contributed by atoms with Gasteiger partial charge in [0.05, 0.1) is 12.2 Å². The van der Waals surface area contributed by atoms with E-state index in [9.17, 15) is 0 Å². The summed E-state index contributed by atoms with van der Waals surface area (Å²) in [5, 5.41) is 0. The molecule has 2 heterocycles. The van der Waals surface area contributed by atoms with Gasteiger partial charge in [0.1, 0.15) is 0 Å². The van der Waals surface area contributed by atoms with Crippen molar-refractivity contribution in [3.05, 3.63) is 0 Å². The lowest BCUT2D eigenvalue weighted by Gasteiger charge is -2.49. The summed E-state index contributed by atoms with van der Waals surface area (Å²) in [6.45, 7) is 17.8. The fraction of sp³-hybridized carbons (Fsp3) is 1.00. The zero-order valence-corrected chi connectivity index (χ0v) is 17.1. The van der Waals surface area contributed by atoms with E-state index < -0.39 is 0 Å². The molecule has 0 spiro atoms. The molecule has 0 saturated carbocycles. The lowest BCUT2D eigenvalue weighted by atomic mass is 9.97. The van der Waals surface area contributed by atoms with Crippen molar-refractivity contribution in [3.63, 3.8) is 0 Å². The number of nitrogens with zero attached hydrogens (tertiary/aromatic N) is 3. The monoisotopic (exact) mass is 327 g/mol. The average Bonchev–Trinajstić information content (AvgIpc) is 2.67. The van der Waals surface area contributed by atoms with Crippen molar-refractivity contribution in [2.24, 2.45) is 0 Å². The standard InChI is InChI=1S/C10H21NO.C9H20N2/c1-10(2,3)12-8-9-6-5-7-11(9)4;1-9(2,3)11-6-8(7-11)10(4)5/h9H,5-8H2,1-4H3;8H,6-7H2,1-5H3/t9-;/m0./s1. The first-order valence-corrected chi connectivity index (χ1v) is 9.16. The molecule has 2 rings (SSSR count). The molecule has 0 aromatic rings. The van der Waals surface area contributed by atoms with Crippen molar-refractivity contribution in [2.45, 2.75) is 77.6 Å². The number of hydrogen-bond acceptors (Lipinski definition) is 4. The van der Waals surface area contributed by atoms with Gasteiger partial charge < -0.3 is 14.5 Å². The lowest BCUT2D eigenvalue weighted by Crippen LogP contribution is -2.63. The number of likely N-dealkylation sites (N-methyl/N-ethyl adjacent to an activating group) is 2. The van der Waals surface area contributed by atoms with Crippen molar-refractivity contribution < 1.29 is 4.74 Å². The van der Waals surface area contributed by atoms with Crippen LogP contribution in [0.15, 0.2) is 0 Å². The molecule has 2 saturated heterocycles. The van der Waals surface area contributed by atoms with E-state index in [1.807, 2.05) is 0 Å². The maximum absolute atomic E-state index is 5.74. The average molecular weight is 328 g/mol. The normalized spacial score (nSPS) is 24.5. The van der Waals surface area contributed by atoms with Gasteiger partial charge in [-0.2, -0.15) is 0 Å². The van der Waals surface area contributed by atoms with E-state index in [0.717, 1.165) is 12.6 Å². The Hall–Kier alpha value is -0.160. The molecule has 0 N–H and O–H groups in total. The van der Waals surface area contributed by atoms with Crippen LogP contribution in [0.1, 0.15) is 54.4 Å². The number of hydrogen-bond donors (Lipinski definition) is 0. The first-order chi connectivity index (χ1) is 10.4. The van der Waals surface area contributed by atoms with Gasteiger partial charge in [0.15, 0.2) is 0 Å². The van der Waals surface area contributed by atoms with Crippen molar-refractivity contribution >= 4 is 0 Å². The summed E-state index contributed by atoms with van der Waals surface area (Å²) in [5.41, 5.74) is 0.385. The highest BCUT2D eigenvalue weighted by atomic mass is 16.5. The Bertz CT molecular complexity index is 338. The molecule has 0 aromatic carbocycles. The summed E-state index contributed by atoms with van der Waals surface area (Å²) in [6.07, 6.45) is 2.63. The van der Waals surface area contributed by atoms with Crippen molar-refractivity contribution in [2.75, 3.05) is 47.4 Å². The van der Waals surface area contributed by atoms with Gasteiger partial charge in [0, 0.05) is 30.7 Å². The molecule has 2 aliphatic rings. The first kappa shape index (κ1) is 20.9. The molecular formula is C19H41N3O. The molecule has 4 heteroatoms. The van der Waals surface area contributed by atoms with Crippen LogP contribution in [0.4, 0.5) is 0 Å². The fourth-order valence-electron chi connectivity index (χ4n) is 2.87. The maximum atomic E-state index is 5.74. The van der Waals surface area contributed by atoms with Gasteiger partial charge in [-0.25, -0.2) is 0 Å². The third-order valence-corrected chi connectivity index (χ3v) is 4.92. The second-order valence-electron chi connectivity index (χ2n) is 9.39. The minimum atomic E-state index is 0.0173.